The normalized spacial score (nSPS) is 20.2. The molecule has 0 aliphatic carbocycles. The van der Waals surface area contributed by atoms with Crippen LogP contribution in [0.2, 0.25) is 0 Å². The SMILES string of the molecule is O=S(=O)(NCC1CCCN1)c1ccc(C(F)(F)F)nc1. The summed E-state index contributed by atoms with van der Waals surface area (Å²) < 4.78 is 63.1. The third-order valence-corrected chi connectivity index (χ3v) is 4.43. The first-order valence-corrected chi connectivity index (χ1v) is 7.54. The Morgan fingerprint density at radius 2 is 2.15 bits per heavy atom. The fourth-order valence-electron chi connectivity index (χ4n) is 1.93. The number of alkyl halides is 3. The van der Waals surface area contributed by atoms with Crippen LogP contribution < -0.4 is 10.0 Å². The van der Waals surface area contributed by atoms with Gasteiger partial charge in [0.1, 0.15) is 10.6 Å². The van der Waals surface area contributed by atoms with Crippen molar-refractivity contribution in [3.05, 3.63) is 24.0 Å². The van der Waals surface area contributed by atoms with E-state index in [0.717, 1.165) is 25.5 Å². The monoisotopic (exact) mass is 309 g/mol. The molecule has 2 heterocycles. The molecule has 0 spiro atoms. The van der Waals surface area contributed by atoms with Gasteiger partial charge in [-0.1, -0.05) is 0 Å². The molecule has 1 aromatic heterocycles. The second-order valence-electron chi connectivity index (χ2n) is 4.52. The molecule has 1 aliphatic rings. The van der Waals surface area contributed by atoms with Crippen molar-refractivity contribution in [3.8, 4) is 0 Å². The van der Waals surface area contributed by atoms with Gasteiger partial charge in [0.05, 0.1) is 0 Å². The van der Waals surface area contributed by atoms with E-state index < -0.39 is 21.9 Å². The fourth-order valence-corrected chi connectivity index (χ4v) is 2.96. The molecule has 0 aromatic carbocycles. The van der Waals surface area contributed by atoms with Gasteiger partial charge in [0.25, 0.3) is 0 Å². The molecule has 1 fully saturated rings. The van der Waals surface area contributed by atoms with Gasteiger partial charge in [-0.05, 0) is 31.5 Å². The number of pyridine rings is 1. The molecule has 0 radical (unpaired) electrons. The molecular weight excluding hydrogens is 295 g/mol. The topological polar surface area (TPSA) is 71.1 Å². The van der Waals surface area contributed by atoms with Gasteiger partial charge in [-0.3, -0.25) is 4.98 Å². The lowest BCUT2D eigenvalue weighted by molar-refractivity contribution is -0.141. The van der Waals surface area contributed by atoms with E-state index in [2.05, 4.69) is 15.0 Å². The van der Waals surface area contributed by atoms with Crippen molar-refractivity contribution in [1.82, 2.24) is 15.0 Å². The van der Waals surface area contributed by atoms with Gasteiger partial charge in [-0.2, -0.15) is 13.2 Å². The molecule has 0 bridgehead atoms. The van der Waals surface area contributed by atoms with Crippen LogP contribution in [0.5, 0.6) is 0 Å². The van der Waals surface area contributed by atoms with E-state index in [1.807, 2.05) is 0 Å². The number of nitrogens with one attached hydrogen (secondary N) is 2. The van der Waals surface area contributed by atoms with E-state index in [1.165, 1.54) is 0 Å². The molecule has 20 heavy (non-hydrogen) atoms. The maximum atomic E-state index is 12.3. The molecule has 1 atom stereocenters. The van der Waals surface area contributed by atoms with Gasteiger partial charge in [0.2, 0.25) is 10.0 Å². The summed E-state index contributed by atoms with van der Waals surface area (Å²) in [5.74, 6) is 0. The molecule has 5 nitrogen and oxygen atoms in total. The van der Waals surface area contributed by atoms with E-state index in [1.54, 1.807) is 0 Å². The van der Waals surface area contributed by atoms with Crippen LogP contribution in [0.1, 0.15) is 18.5 Å². The first-order valence-electron chi connectivity index (χ1n) is 6.05. The van der Waals surface area contributed by atoms with Crippen molar-refractivity contribution in [2.75, 3.05) is 13.1 Å². The molecule has 2 rings (SSSR count). The van der Waals surface area contributed by atoms with Gasteiger partial charge < -0.3 is 5.32 Å². The highest BCUT2D eigenvalue weighted by Gasteiger charge is 2.32. The zero-order valence-corrected chi connectivity index (χ0v) is 11.3. The van der Waals surface area contributed by atoms with Crippen molar-refractivity contribution in [1.29, 1.82) is 0 Å². The molecule has 1 aliphatic heterocycles. The lowest BCUT2D eigenvalue weighted by Gasteiger charge is -2.12. The molecular formula is C11H14F3N3O2S. The van der Waals surface area contributed by atoms with E-state index >= 15 is 0 Å². The summed E-state index contributed by atoms with van der Waals surface area (Å²) in [5.41, 5.74) is -1.12. The number of aromatic nitrogens is 1. The molecule has 112 valence electrons. The highest BCUT2D eigenvalue weighted by Crippen LogP contribution is 2.27. The molecule has 0 saturated carbocycles. The quantitative estimate of drug-likeness (QED) is 0.875. The van der Waals surface area contributed by atoms with Crippen LogP contribution in [0.25, 0.3) is 0 Å². The van der Waals surface area contributed by atoms with Gasteiger partial charge in [0, 0.05) is 18.8 Å². The minimum Gasteiger partial charge on any atom is -0.313 e. The Balaban J connectivity index is 2.05. The third kappa shape index (κ3) is 3.68. The molecule has 2 N–H and O–H groups in total. The van der Waals surface area contributed by atoms with Crippen molar-refractivity contribution in [3.63, 3.8) is 0 Å². The van der Waals surface area contributed by atoms with Crippen molar-refractivity contribution < 1.29 is 21.6 Å². The van der Waals surface area contributed by atoms with Gasteiger partial charge >= 0.3 is 6.18 Å². The fraction of sp³-hybridized carbons (Fsp3) is 0.545. The standard InChI is InChI=1S/C11H14F3N3O2S/c12-11(13,14)10-4-3-9(7-16-10)20(18,19)17-6-8-2-1-5-15-8/h3-4,7-8,15,17H,1-2,5-6H2. The summed E-state index contributed by atoms with van der Waals surface area (Å²) in [6, 6.07) is 1.62. The second-order valence-corrected chi connectivity index (χ2v) is 6.29. The maximum Gasteiger partial charge on any atom is 0.433 e. The Bertz CT molecular complexity index is 551. The number of sulfonamides is 1. The van der Waals surface area contributed by atoms with Crippen LogP contribution in [0.3, 0.4) is 0 Å². The predicted octanol–water partition coefficient (Wildman–Crippen LogP) is 1.13. The summed E-state index contributed by atoms with van der Waals surface area (Å²) >= 11 is 0. The Morgan fingerprint density at radius 1 is 1.40 bits per heavy atom. The van der Waals surface area contributed by atoms with Crippen molar-refractivity contribution in [2.45, 2.75) is 30.0 Å². The van der Waals surface area contributed by atoms with Crippen molar-refractivity contribution in [2.24, 2.45) is 0 Å². The number of nitrogens with zero attached hydrogens (tertiary/aromatic N) is 1. The molecule has 1 unspecified atom stereocenters. The number of halogens is 3. The van der Waals surface area contributed by atoms with E-state index in [4.69, 9.17) is 0 Å². The van der Waals surface area contributed by atoms with Crippen LogP contribution in [0.4, 0.5) is 13.2 Å². The lowest BCUT2D eigenvalue weighted by atomic mass is 10.2. The van der Waals surface area contributed by atoms with Crippen LogP contribution >= 0.6 is 0 Å². The highest BCUT2D eigenvalue weighted by molar-refractivity contribution is 7.89. The lowest BCUT2D eigenvalue weighted by Crippen LogP contribution is -2.37. The summed E-state index contributed by atoms with van der Waals surface area (Å²) in [7, 11) is -3.83. The van der Waals surface area contributed by atoms with Gasteiger partial charge in [-0.15, -0.1) is 0 Å². The average Bonchev–Trinajstić information content (AvgIpc) is 2.89. The zero-order chi connectivity index (χ0) is 14.8. The van der Waals surface area contributed by atoms with Crippen LogP contribution in [0.15, 0.2) is 23.2 Å². The number of hydrogen-bond acceptors (Lipinski definition) is 4. The molecule has 9 heteroatoms. The van der Waals surface area contributed by atoms with Crippen molar-refractivity contribution >= 4 is 10.0 Å². The smallest absolute Gasteiger partial charge is 0.313 e. The summed E-state index contributed by atoms with van der Waals surface area (Å²) in [4.78, 5) is 2.86. The van der Waals surface area contributed by atoms with Crippen LogP contribution in [-0.4, -0.2) is 32.5 Å². The predicted molar refractivity (Wildman–Crippen MR) is 65.5 cm³/mol. The van der Waals surface area contributed by atoms with E-state index in [9.17, 15) is 21.6 Å². The zero-order valence-electron chi connectivity index (χ0n) is 10.4. The minimum atomic E-state index is -4.58. The van der Waals surface area contributed by atoms with E-state index in [-0.39, 0.29) is 17.5 Å². The van der Waals surface area contributed by atoms with Crippen LogP contribution in [-0.2, 0) is 16.2 Å². The third-order valence-electron chi connectivity index (χ3n) is 3.02. The van der Waals surface area contributed by atoms with Gasteiger partial charge in [-0.25, -0.2) is 13.1 Å². The van der Waals surface area contributed by atoms with Gasteiger partial charge in [0.15, 0.2) is 0 Å². The minimum absolute atomic E-state index is 0.0622. The number of rotatable bonds is 4. The summed E-state index contributed by atoms with van der Waals surface area (Å²) in [6.07, 6.45) is -2.02. The Kier molecular flexibility index (Phi) is 4.31. The maximum absolute atomic E-state index is 12.3. The Labute approximate surface area is 114 Å². The van der Waals surface area contributed by atoms with E-state index in [0.29, 0.717) is 12.3 Å². The molecule has 1 saturated heterocycles. The Morgan fingerprint density at radius 3 is 2.65 bits per heavy atom. The Hall–Kier alpha value is -1.19. The second kappa shape index (κ2) is 5.66. The molecule has 0 amide bonds. The summed E-state index contributed by atoms with van der Waals surface area (Å²) in [5, 5.41) is 3.12. The first kappa shape index (κ1) is 15.2. The van der Waals surface area contributed by atoms with Crippen LogP contribution in [0, 0.1) is 0 Å². The number of hydrogen-bond donors (Lipinski definition) is 2. The summed E-state index contributed by atoms with van der Waals surface area (Å²) in [6.45, 7) is 1.05. The molecule has 1 aromatic rings. The average molecular weight is 309 g/mol. The first-order chi connectivity index (χ1) is 9.29. The highest BCUT2D eigenvalue weighted by atomic mass is 32.2. The largest absolute Gasteiger partial charge is 0.433 e.